The standard InChI is InChI=1S/C26H28N6O/c1-6-16(2)13-28-22-12-21(9-7-17(22)3)33-24-10-8-20(11-18(24)4)32-26-25-23(29-15-30-26)14-27-19(5)31-25/h7-16H,6H2,1-5H3,(H,29,30,32). The lowest BCUT2D eigenvalue weighted by atomic mass is 10.1. The van der Waals surface area contributed by atoms with E-state index in [1.54, 1.807) is 6.20 Å². The Balaban J connectivity index is 1.54. The molecule has 7 nitrogen and oxygen atoms in total. The van der Waals surface area contributed by atoms with Gasteiger partial charge < -0.3 is 10.1 Å². The normalized spacial score (nSPS) is 12.3. The van der Waals surface area contributed by atoms with Gasteiger partial charge in [-0.15, -0.1) is 0 Å². The van der Waals surface area contributed by atoms with Gasteiger partial charge in [0.2, 0.25) is 0 Å². The monoisotopic (exact) mass is 440 g/mol. The van der Waals surface area contributed by atoms with Crippen LogP contribution in [-0.4, -0.2) is 26.2 Å². The maximum Gasteiger partial charge on any atom is 0.160 e. The molecule has 0 saturated heterocycles. The molecule has 0 aliphatic heterocycles. The highest BCUT2D eigenvalue weighted by Gasteiger charge is 2.09. The fourth-order valence-corrected chi connectivity index (χ4v) is 3.24. The van der Waals surface area contributed by atoms with E-state index in [0.29, 0.717) is 28.6 Å². The molecule has 33 heavy (non-hydrogen) atoms. The molecule has 0 saturated carbocycles. The summed E-state index contributed by atoms with van der Waals surface area (Å²) in [5.74, 6) is 3.30. The Morgan fingerprint density at radius 2 is 1.88 bits per heavy atom. The molecule has 1 atom stereocenters. The molecule has 168 valence electrons. The molecular formula is C26H28N6O. The molecule has 2 aromatic heterocycles. The average Bonchev–Trinajstić information content (AvgIpc) is 2.81. The van der Waals surface area contributed by atoms with Crippen molar-refractivity contribution in [2.75, 3.05) is 5.32 Å². The van der Waals surface area contributed by atoms with Gasteiger partial charge in [0.15, 0.2) is 5.82 Å². The van der Waals surface area contributed by atoms with Gasteiger partial charge in [0.1, 0.15) is 34.7 Å². The van der Waals surface area contributed by atoms with E-state index in [9.17, 15) is 0 Å². The number of fused-ring (bicyclic) bond motifs is 1. The molecule has 4 aromatic rings. The number of nitrogens with one attached hydrogen (secondary N) is 1. The molecule has 0 amide bonds. The summed E-state index contributed by atoms with van der Waals surface area (Å²) in [5.41, 5.74) is 5.31. The summed E-state index contributed by atoms with van der Waals surface area (Å²) < 4.78 is 6.18. The van der Waals surface area contributed by atoms with Crippen molar-refractivity contribution in [3.05, 3.63) is 65.9 Å². The fourth-order valence-electron chi connectivity index (χ4n) is 3.24. The van der Waals surface area contributed by atoms with E-state index in [-0.39, 0.29) is 0 Å². The van der Waals surface area contributed by atoms with Gasteiger partial charge in [-0.1, -0.05) is 19.9 Å². The summed E-state index contributed by atoms with van der Waals surface area (Å²) in [4.78, 5) is 21.9. The van der Waals surface area contributed by atoms with Crippen molar-refractivity contribution in [3.63, 3.8) is 0 Å². The zero-order valence-corrected chi connectivity index (χ0v) is 19.6. The highest BCUT2D eigenvalue weighted by atomic mass is 16.5. The SMILES string of the molecule is CCC(C)C=Nc1cc(Oc2ccc(Nc3ncnc4cnc(C)nc34)cc2C)ccc1C. The number of aromatic nitrogens is 4. The minimum atomic E-state index is 0.443. The predicted molar refractivity (Wildman–Crippen MR) is 133 cm³/mol. The summed E-state index contributed by atoms with van der Waals surface area (Å²) in [6.07, 6.45) is 6.28. The molecule has 0 bridgehead atoms. The number of benzene rings is 2. The van der Waals surface area contributed by atoms with Crippen LogP contribution in [0.4, 0.5) is 17.2 Å². The average molecular weight is 441 g/mol. The minimum absolute atomic E-state index is 0.443. The number of ether oxygens (including phenoxy) is 1. The number of nitrogens with zero attached hydrogens (tertiary/aromatic N) is 5. The van der Waals surface area contributed by atoms with Crippen LogP contribution in [0.1, 0.15) is 37.2 Å². The fraction of sp³-hybridized carbons (Fsp3) is 0.269. The van der Waals surface area contributed by atoms with Gasteiger partial charge in [-0.05, 0) is 68.5 Å². The lowest BCUT2D eigenvalue weighted by Crippen LogP contribution is -2.00. The highest BCUT2D eigenvalue weighted by molar-refractivity contribution is 5.86. The number of rotatable bonds is 7. The second-order valence-corrected chi connectivity index (χ2v) is 8.19. The lowest BCUT2D eigenvalue weighted by molar-refractivity contribution is 0.479. The Bertz CT molecular complexity index is 1320. The molecule has 0 aliphatic rings. The zero-order valence-electron chi connectivity index (χ0n) is 19.6. The molecule has 0 radical (unpaired) electrons. The molecular weight excluding hydrogens is 412 g/mol. The molecule has 1 N–H and O–H groups in total. The molecule has 0 fully saturated rings. The summed E-state index contributed by atoms with van der Waals surface area (Å²) >= 11 is 0. The highest BCUT2D eigenvalue weighted by Crippen LogP contribution is 2.32. The van der Waals surface area contributed by atoms with Crippen molar-refractivity contribution in [1.29, 1.82) is 0 Å². The summed E-state index contributed by atoms with van der Waals surface area (Å²) in [6, 6.07) is 11.9. The van der Waals surface area contributed by atoms with Gasteiger partial charge in [-0.3, -0.25) is 4.99 Å². The predicted octanol–water partition coefficient (Wildman–Crippen LogP) is 6.63. The first-order valence-electron chi connectivity index (χ1n) is 11.1. The number of hydrogen-bond donors (Lipinski definition) is 1. The molecule has 4 rings (SSSR count). The first-order valence-corrected chi connectivity index (χ1v) is 11.1. The largest absolute Gasteiger partial charge is 0.457 e. The van der Waals surface area contributed by atoms with Crippen molar-refractivity contribution in [1.82, 2.24) is 19.9 Å². The lowest BCUT2D eigenvalue weighted by Gasteiger charge is -2.13. The molecule has 2 heterocycles. The summed E-state index contributed by atoms with van der Waals surface area (Å²) in [5, 5.41) is 3.34. The van der Waals surface area contributed by atoms with Crippen molar-refractivity contribution in [2.24, 2.45) is 10.9 Å². The van der Waals surface area contributed by atoms with E-state index < -0.39 is 0 Å². The summed E-state index contributed by atoms with van der Waals surface area (Å²) in [6.45, 7) is 10.2. The van der Waals surface area contributed by atoms with E-state index in [1.165, 1.54) is 6.33 Å². The Morgan fingerprint density at radius 3 is 2.67 bits per heavy atom. The molecule has 2 aromatic carbocycles. The third kappa shape index (κ3) is 5.31. The number of aryl methyl sites for hydroxylation is 3. The molecule has 0 aliphatic carbocycles. The van der Waals surface area contributed by atoms with Gasteiger partial charge in [0, 0.05) is 18.0 Å². The van der Waals surface area contributed by atoms with Crippen LogP contribution >= 0.6 is 0 Å². The Hall–Kier alpha value is -3.87. The Kier molecular flexibility index (Phi) is 6.58. The van der Waals surface area contributed by atoms with Crippen LogP contribution in [0.25, 0.3) is 11.0 Å². The Morgan fingerprint density at radius 1 is 1.03 bits per heavy atom. The van der Waals surface area contributed by atoms with Gasteiger partial charge >= 0.3 is 0 Å². The van der Waals surface area contributed by atoms with E-state index in [4.69, 9.17) is 4.74 Å². The first-order chi connectivity index (χ1) is 15.9. The van der Waals surface area contributed by atoms with Crippen molar-refractivity contribution >= 4 is 34.4 Å². The first kappa shape index (κ1) is 22.3. The van der Waals surface area contributed by atoms with Crippen LogP contribution in [0.5, 0.6) is 11.5 Å². The van der Waals surface area contributed by atoms with Crippen LogP contribution < -0.4 is 10.1 Å². The van der Waals surface area contributed by atoms with Crippen molar-refractivity contribution < 1.29 is 4.74 Å². The van der Waals surface area contributed by atoms with Crippen LogP contribution in [0, 0.1) is 26.7 Å². The van der Waals surface area contributed by atoms with E-state index >= 15 is 0 Å². The van der Waals surface area contributed by atoms with Crippen molar-refractivity contribution in [3.8, 4) is 11.5 Å². The van der Waals surface area contributed by atoms with Crippen LogP contribution in [0.2, 0.25) is 0 Å². The number of hydrogen-bond acceptors (Lipinski definition) is 7. The number of anilines is 2. The minimum Gasteiger partial charge on any atom is -0.457 e. The second kappa shape index (κ2) is 9.73. The second-order valence-electron chi connectivity index (χ2n) is 8.19. The zero-order chi connectivity index (χ0) is 23.4. The van der Waals surface area contributed by atoms with E-state index in [0.717, 1.165) is 40.4 Å². The van der Waals surface area contributed by atoms with Crippen molar-refractivity contribution in [2.45, 2.75) is 41.0 Å². The smallest absolute Gasteiger partial charge is 0.160 e. The van der Waals surface area contributed by atoms with Crippen LogP contribution in [-0.2, 0) is 0 Å². The molecule has 1 unspecified atom stereocenters. The van der Waals surface area contributed by atoms with E-state index in [2.05, 4.69) is 51.0 Å². The van der Waals surface area contributed by atoms with Crippen LogP contribution in [0.15, 0.2) is 53.9 Å². The summed E-state index contributed by atoms with van der Waals surface area (Å²) in [7, 11) is 0. The maximum absolute atomic E-state index is 6.18. The molecule has 7 heteroatoms. The van der Waals surface area contributed by atoms with Gasteiger partial charge in [-0.25, -0.2) is 19.9 Å². The van der Waals surface area contributed by atoms with E-state index in [1.807, 2.05) is 56.5 Å². The van der Waals surface area contributed by atoms with Gasteiger partial charge in [-0.2, -0.15) is 0 Å². The quantitative estimate of drug-likeness (QED) is 0.325. The number of aliphatic imine (C=N–C) groups is 1. The maximum atomic E-state index is 6.18. The third-order valence-corrected chi connectivity index (χ3v) is 5.46. The Labute approximate surface area is 194 Å². The third-order valence-electron chi connectivity index (χ3n) is 5.46. The van der Waals surface area contributed by atoms with Gasteiger partial charge in [0.25, 0.3) is 0 Å². The van der Waals surface area contributed by atoms with Crippen LogP contribution in [0.3, 0.4) is 0 Å². The topological polar surface area (TPSA) is 85.2 Å². The van der Waals surface area contributed by atoms with Gasteiger partial charge in [0.05, 0.1) is 11.9 Å². The molecule has 0 spiro atoms.